The summed E-state index contributed by atoms with van der Waals surface area (Å²) in [6.45, 7) is 9.86. The zero-order valence-corrected chi connectivity index (χ0v) is 21.2. The minimum Gasteiger partial charge on any atom is -0.444 e. The molecule has 3 rings (SSSR count). The van der Waals surface area contributed by atoms with Gasteiger partial charge in [0.15, 0.2) is 0 Å². The highest BCUT2D eigenvalue weighted by molar-refractivity contribution is 7.11. The Morgan fingerprint density at radius 1 is 1.24 bits per heavy atom. The fourth-order valence-corrected chi connectivity index (χ4v) is 5.26. The molecule has 8 heteroatoms. The number of nitrogens with zero attached hydrogens (tertiary/aromatic N) is 2. The second kappa shape index (κ2) is 11.2. The predicted octanol–water partition coefficient (Wildman–Crippen LogP) is 5.09. The zero-order valence-electron chi connectivity index (χ0n) is 20.4. The minimum absolute atomic E-state index is 0.0740. The summed E-state index contributed by atoms with van der Waals surface area (Å²) in [6.07, 6.45) is 7.15. The first-order valence-electron chi connectivity index (χ1n) is 12.0. The number of hydrogen-bond donors (Lipinski definition) is 2. The number of thiophene rings is 1. The highest BCUT2D eigenvalue weighted by Crippen LogP contribution is 2.33. The molecule has 0 spiro atoms. The van der Waals surface area contributed by atoms with Crippen molar-refractivity contribution in [3.8, 4) is 0 Å². The van der Waals surface area contributed by atoms with Gasteiger partial charge >= 0.3 is 6.09 Å². The normalized spacial score (nSPS) is 20.7. The van der Waals surface area contributed by atoms with Crippen LogP contribution in [-0.4, -0.2) is 48.0 Å². The average Bonchev–Trinajstić information content (AvgIpc) is 3.10. The van der Waals surface area contributed by atoms with Gasteiger partial charge in [-0.15, -0.1) is 11.3 Å². The van der Waals surface area contributed by atoms with Crippen LogP contribution in [0.25, 0.3) is 6.08 Å². The van der Waals surface area contributed by atoms with Gasteiger partial charge in [-0.1, -0.05) is 6.92 Å². The number of ether oxygens (including phenoxy) is 1. The summed E-state index contributed by atoms with van der Waals surface area (Å²) in [4.78, 5) is 32.8. The van der Waals surface area contributed by atoms with Gasteiger partial charge in [0.25, 0.3) is 0 Å². The van der Waals surface area contributed by atoms with Crippen LogP contribution in [0.5, 0.6) is 0 Å². The highest BCUT2D eigenvalue weighted by Gasteiger charge is 2.27. The summed E-state index contributed by atoms with van der Waals surface area (Å²) in [5.74, 6) is 1.50. The van der Waals surface area contributed by atoms with Gasteiger partial charge in [0, 0.05) is 31.6 Å². The third kappa shape index (κ3) is 7.59. The van der Waals surface area contributed by atoms with Crippen molar-refractivity contribution in [2.45, 2.75) is 71.8 Å². The second-order valence-corrected chi connectivity index (χ2v) is 11.1. The number of alkyl carbamates (subject to hydrolysis) is 1. The SMILES string of the molecule is CCCN(C[C@H]1CC[C@@H](CNC(=O)OC(C)(C)C)CC1)C(=O)C1=Cc2sccc2N=C(N)C1. The van der Waals surface area contributed by atoms with Crippen molar-refractivity contribution in [2.24, 2.45) is 22.6 Å². The molecule has 1 aliphatic heterocycles. The van der Waals surface area contributed by atoms with Crippen molar-refractivity contribution in [3.63, 3.8) is 0 Å². The Labute approximate surface area is 201 Å². The molecule has 0 unspecified atom stereocenters. The Hall–Kier alpha value is -2.35. The number of nitrogens with two attached hydrogens (primary N) is 1. The smallest absolute Gasteiger partial charge is 0.407 e. The number of fused-ring (bicyclic) bond motifs is 1. The predicted molar refractivity (Wildman–Crippen MR) is 135 cm³/mol. The van der Waals surface area contributed by atoms with E-state index in [4.69, 9.17) is 10.5 Å². The summed E-state index contributed by atoms with van der Waals surface area (Å²) < 4.78 is 5.33. The van der Waals surface area contributed by atoms with E-state index in [0.29, 0.717) is 30.6 Å². The number of amides is 2. The maximum atomic E-state index is 13.4. The lowest BCUT2D eigenvalue weighted by Crippen LogP contribution is -2.39. The van der Waals surface area contributed by atoms with Gasteiger partial charge in [-0.2, -0.15) is 0 Å². The molecular weight excluding hydrogens is 436 g/mol. The molecular formula is C25H38N4O3S. The minimum atomic E-state index is -0.481. The quantitative estimate of drug-likeness (QED) is 0.575. The zero-order chi connectivity index (χ0) is 24.0. The lowest BCUT2D eigenvalue weighted by molar-refractivity contribution is -0.128. The van der Waals surface area contributed by atoms with E-state index in [1.165, 1.54) is 0 Å². The summed E-state index contributed by atoms with van der Waals surface area (Å²) >= 11 is 1.58. The largest absolute Gasteiger partial charge is 0.444 e. The maximum absolute atomic E-state index is 13.4. The molecule has 2 amide bonds. The monoisotopic (exact) mass is 474 g/mol. The van der Waals surface area contributed by atoms with Crippen molar-refractivity contribution in [1.82, 2.24) is 10.2 Å². The number of carbonyl (C=O) groups excluding carboxylic acids is 2. The fraction of sp³-hybridized carbons (Fsp3) is 0.640. The molecule has 1 aliphatic carbocycles. The van der Waals surface area contributed by atoms with Crippen LogP contribution in [0, 0.1) is 11.8 Å². The summed E-state index contributed by atoms with van der Waals surface area (Å²) in [6, 6.07) is 1.94. The van der Waals surface area contributed by atoms with Gasteiger partial charge < -0.3 is 20.7 Å². The van der Waals surface area contributed by atoms with E-state index in [2.05, 4.69) is 17.2 Å². The Balaban J connectivity index is 1.53. The molecule has 1 fully saturated rings. The van der Waals surface area contributed by atoms with Crippen LogP contribution in [0.2, 0.25) is 0 Å². The lowest BCUT2D eigenvalue weighted by Gasteiger charge is -2.33. The van der Waals surface area contributed by atoms with E-state index in [1.54, 1.807) is 11.3 Å². The standard InChI is InChI=1S/C25H38N4O3S/c1-5-11-29(23(30)19-13-21-20(10-12-33-21)28-22(26)14-19)16-18-8-6-17(7-9-18)15-27-24(31)32-25(2,3)4/h10,12-13,17-18H,5-9,11,14-16H2,1-4H3,(H2,26,28)(H,27,31)/t17-,18+. The number of nitrogens with one attached hydrogen (secondary N) is 1. The molecule has 1 aromatic heterocycles. The molecule has 182 valence electrons. The summed E-state index contributed by atoms with van der Waals surface area (Å²) in [5, 5.41) is 4.88. The van der Waals surface area contributed by atoms with Crippen LogP contribution < -0.4 is 11.1 Å². The van der Waals surface area contributed by atoms with E-state index in [0.717, 1.165) is 61.3 Å². The van der Waals surface area contributed by atoms with E-state index in [1.807, 2.05) is 43.2 Å². The molecule has 0 atom stereocenters. The number of amidine groups is 1. The van der Waals surface area contributed by atoms with Crippen LogP contribution in [0.1, 0.15) is 71.1 Å². The van der Waals surface area contributed by atoms with E-state index in [-0.39, 0.29) is 12.0 Å². The molecule has 2 heterocycles. The van der Waals surface area contributed by atoms with Gasteiger partial charge in [-0.3, -0.25) is 4.79 Å². The molecule has 1 aromatic rings. The highest BCUT2D eigenvalue weighted by atomic mass is 32.1. The van der Waals surface area contributed by atoms with Gasteiger partial charge in [0.1, 0.15) is 11.4 Å². The Morgan fingerprint density at radius 3 is 2.61 bits per heavy atom. The molecule has 0 aromatic carbocycles. The molecule has 0 radical (unpaired) electrons. The van der Waals surface area contributed by atoms with E-state index in [9.17, 15) is 9.59 Å². The molecule has 1 saturated carbocycles. The van der Waals surface area contributed by atoms with E-state index < -0.39 is 5.60 Å². The van der Waals surface area contributed by atoms with Crippen molar-refractivity contribution in [3.05, 3.63) is 21.9 Å². The Morgan fingerprint density at radius 2 is 1.94 bits per heavy atom. The average molecular weight is 475 g/mol. The first-order valence-corrected chi connectivity index (χ1v) is 12.9. The van der Waals surface area contributed by atoms with Crippen molar-refractivity contribution < 1.29 is 14.3 Å². The van der Waals surface area contributed by atoms with E-state index >= 15 is 0 Å². The number of hydrogen-bond acceptors (Lipinski definition) is 6. The van der Waals surface area contributed by atoms with Gasteiger partial charge in [0.2, 0.25) is 5.91 Å². The molecule has 7 nitrogen and oxygen atoms in total. The van der Waals surface area contributed by atoms with Crippen molar-refractivity contribution in [2.75, 3.05) is 19.6 Å². The van der Waals surface area contributed by atoms with Gasteiger partial charge in [-0.05, 0) is 82.2 Å². The third-order valence-electron chi connectivity index (χ3n) is 6.05. The first kappa shape index (κ1) is 25.3. The number of carbonyl (C=O) groups is 2. The molecule has 0 bridgehead atoms. The fourth-order valence-electron chi connectivity index (χ4n) is 4.47. The molecule has 0 saturated heterocycles. The van der Waals surface area contributed by atoms with Crippen LogP contribution in [0.3, 0.4) is 0 Å². The van der Waals surface area contributed by atoms with Crippen LogP contribution in [0.15, 0.2) is 22.0 Å². The van der Waals surface area contributed by atoms with Crippen LogP contribution >= 0.6 is 11.3 Å². The Kier molecular flexibility index (Phi) is 8.57. The summed E-state index contributed by atoms with van der Waals surface area (Å²) in [7, 11) is 0. The summed E-state index contributed by atoms with van der Waals surface area (Å²) in [5.41, 5.74) is 7.19. The van der Waals surface area contributed by atoms with Crippen LogP contribution in [0.4, 0.5) is 10.5 Å². The van der Waals surface area contributed by atoms with Crippen molar-refractivity contribution in [1.29, 1.82) is 0 Å². The number of aliphatic imine (C=N–C) groups is 1. The number of rotatable bonds is 7. The molecule has 33 heavy (non-hydrogen) atoms. The van der Waals surface area contributed by atoms with Crippen molar-refractivity contribution >= 4 is 40.9 Å². The van der Waals surface area contributed by atoms with Crippen LogP contribution in [-0.2, 0) is 9.53 Å². The maximum Gasteiger partial charge on any atom is 0.407 e. The Bertz CT molecular complexity index is 892. The van der Waals surface area contributed by atoms with Gasteiger partial charge in [-0.25, -0.2) is 9.79 Å². The molecule has 2 aliphatic rings. The van der Waals surface area contributed by atoms with Gasteiger partial charge in [0.05, 0.1) is 10.6 Å². The molecule has 3 N–H and O–H groups in total. The lowest BCUT2D eigenvalue weighted by atomic mass is 9.81. The second-order valence-electron chi connectivity index (χ2n) is 10.1. The third-order valence-corrected chi connectivity index (χ3v) is 6.90. The first-order chi connectivity index (χ1) is 15.6. The topological polar surface area (TPSA) is 97.0 Å².